The molecule has 3 aliphatic rings. The lowest BCUT2D eigenvalue weighted by Crippen LogP contribution is -2.63. The maximum Gasteiger partial charge on any atom is 0.353 e. The molecule has 1 aromatic heterocycles. The predicted molar refractivity (Wildman–Crippen MR) is 118 cm³/mol. The summed E-state index contributed by atoms with van der Waals surface area (Å²) in [5.74, 6) is -1.11. The highest BCUT2D eigenvalue weighted by Gasteiger charge is 2.60. The molecule has 3 aliphatic heterocycles. The molecule has 0 bridgehead atoms. The van der Waals surface area contributed by atoms with E-state index in [0.29, 0.717) is 4.91 Å². The number of thioether (sulfide) groups is 1. The summed E-state index contributed by atoms with van der Waals surface area (Å²) in [5, 5.41) is 19.7. The van der Waals surface area contributed by atoms with E-state index in [9.17, 15) is 19.8 Å². The number of likely N-dealkylation sites (N-methyl/N-ethyl adjacent to an activating group) is 1. The fourth-order valence-electron chi connectivity index (χ4n) is 4.32. The van der Waals surface area contributed by atoms with Crippen LogP contribution in [0.3, 0.4) is 0 Å². The number of nitrogens with zero attached hydrogens (tertiary/aromatic N) is 3. The van der Waals surface area contributed by atoms with E-state index in [-0.39, 0.29) is 23.6 Å². The predicted octanol–water partition coefficient (Wildman–Crippen LogP) is 2.74. The van der Waals surface area contributed by atoms with Gasteiger partial charge in [0.1, 0.15) is 11.5 Å². The van der Waals surface area contributed by atoms with Crippen LogP contribution in [0.25, 0.3) is 6.08 Å². The molecule has 0 saturated carbocycles. The van der Waals surface area contributed by atoms with Gasteiger partial charge in [0.15, 0.2) is 0 Å². The minimum Gasteiger partial charge on any atom is -0.477 e. The van der Waals surface area contributed by atoms with Gasteiger partial charge in [0.25, 0.3) is 0 Å². The Hall–Kier alpha value is -2.10. The topological polar surface area (TPSA) is 93.4 Å². The maximum absolute atomic E-state index is 12.4. The fourth-order valence-corrected chi connectivity index (χ4v) is 6.64. The minimum atomic E-state index is -1.10. The summed E-state index contributed by atoms with van der Waals surface area (Å²) < 4.78 is 0.970. The number of thiophene rings is 1. The van der Waals surface area contributed by atoms with Gasteiger partial charge in [-0.2, -0.15) is 0 Å². The van der Waals surface area contributed by atoms with Crippen LogP contribution in [0.2, 0.25) is 0 Å². The van der Waals surface area contributed by atoms with Gasteiger partial charge in [-0.1, -0.05) is 18.7 Å². The Morgan fingerprint density at radius 2 is 2.17 bits per heavy atom. The summed E-state index contributed by atoms with van der Waals surface area (Å²) in [4.78, 5) is 34.1. The lowest BCUT2D eigenvalue weighted by atomic mass is 9.79. The van der Waals surface area contributed by atoms with Crippen LogP contribution in [-0.2, 0) is 9.59 Å². The standard InChI is InChI=1S/C21H25N3O4S2/c1-11-17-16(12(2)25)20(26)24(17)18(21(27)28)19(11)30-15-8-6-13(29-15)5-7-14-22-9-4-10-23(14)3/h5-8,11-12,16-17,25H,4,9-10H2,1-3H3,(H,27,28)/b7-5+/t11-,12-,16-,17?/m1/s1. The van der Waals surface area contributed by atoms with Gasteiger partial charge in [-0.15, -0.1) is 11.3 Å². The Bertz CT molecular complexity index is 965. The number of carbonyl (C=O) groups is 2. The van der Waals surface area contributed by atoms with E-state index in [1.165, 1.54) is 16.7 Å². The van der Waals surface area contributed by atoms with Crippen molar-refractivity contribution in [1.29, 1.82) is 0 Å². The Morgan fingerprint density at radius 3 is 2.83 bits per heavy atom. The van der Waals surface area contributed by atoms with E-state index in [4.69, 9.17) is 0 Å². The molecule has 0 aromatic carbocycles. The largest absolute Gasteiger partial charge is 0.477 e. The number of rotatable bonds is 6. The molecule has 9 heteroatoms. The normalized spacial score (nSPS) is 27.4. The summed E-state index contributed by atoms with van der Waals surface area (Å²) in [6.07, 6.45) is 4.32. The minimum absolute atomic E-state index is 0.0584. The van der Waals surface area contributed by atoms with Gasteiger partial charge in [-0.3, -0.25) is 9.79 Å². The van der Waals surface area contributed by atoms with Crippen molar-refractivity contribution >= 4 is 46.9 Å². The Kier molecular flexibility index (Phi) is 5.78. The Balaban J connectivity index is 1.54. The molecule has 1 unspecified atom stereocenters. The summed E-state index contributed by atoms with van der Waals surface area (Å²) >= 11 is 2.99. The zero-order valence-electron chi connectivity index (χ0n) is 17.1. The van der Waals surface area contributed by atoms with Crippen LogP contribution in [-0.4, -0.2) is 70.0 Å². The molecule has 4 atom stereocenters. The summed E-state index contributed by atoms with van der Waals surface area (Å²) in [5.41, 5.74) is 0.0584. The second kappa shape index (κ2) is 8.20. The zero-order chi connectivity index (χ0) is 21.6. The van der Waals surface area contributed by atoms with Gasteiger partial charge in [-0.05, 0) is 37.6 Å². The van der Waals surface area contributed by atoms with Crippen LogP contribution in [0.4, 0.5) is 0 Å². The monoisotopic (exact) mass is 447 g/mol. The van der Waals surface area contributed by atoms with Crippen LogP contribution in [0, 0.1) is 11.8 Å². The first-order valence-corrected chi connectivity index (χ1v) is 11.6. The molecular formula is C21H25N3O4S2. The summed E-state index contributed by atoms with van der Waals surface area (Å²) in [7, 11) is 2.03. The number of carboxylic acids is 1. The van der Waals surface area contributed by atoms with E-state index in [1.807, 2.05) is 38.3 Å². The zero-order valence-corrected chi connectivity index (χ0v) is 18.7. The summed E-state index contributed by atoms with van der Waals surface area (Å²) in [6, 6.07) is 3.70. The third-order valence-corrected chi connectivity index (χ3v) is 8.30. The Morgan fingerprint density at radius 1 is 1.40 bits per heavy atom. The van der Waals surface area contributed by atoms with E-state index in [1.54, 1.807) is 18.3 Å². The van der Waals surface area contributed by atoms with Crippen molar-refractivity contribution in [3.05, 3.63) is 33.7 Å². The van der Waals surface area contributed by atoms with E-state index in [0.717, 1.165) is 34.4 Å². The second-order valence-corrected chi connectivity index (χ2v) is 10.3. The number of aliphatic carboxylic acids is 1. The Labute approximate surface area is 183 Å². The first-order valence-electron chi connectivity index (χ1n) is 9.99. The van der Waals surface area contributed by atoms with Gasteiger partial charge in [0, 0.05) is 35.8 Å². The molecule has 1 fully saturated rings. The van der Waals surface area contributed by atoms with Gasteiger partial charge >= 0.3 is 5.97 Å². The van der Waals surface area contributed by atoms with Gasteiger partial charge in [0.2, 0.25) is 5.91 Å². The molecule has 30 heavy (non-hydrogen) atoms. The fraction of sp³-hybridized carbons (Fsp3) is 0.476. The number of hydrogen-bond donors (Lipinski definition) is 2. The van der Waals surface area contributed by atoms with Crippen molar-refractivity contribution in [3.8, 4) is 0 Å². The lowest BCUT2D eigenvalue weighted by molar-refractivity contribution is -0.163. The molecule has 4 heterocycles. The smallest absolute Gasteiger partial charge is 0.353 e. The molecule has 160 valence electrons. The van der Waals surface area contributed by atoms with Crippen molar-refractivity contribution in [2.75, 3.05) is 20.1 Å². The molecule has 0 spiro atoms. The molecule has 7 nitrogen and oxygen atoms in total. The van der Waals surface area contributed by atoms with Gasteiger partial charge < -0.3 is 20.0 Å². The molecule has 2 N–H and O–H groups in total. The number of fused-ring (bicyclic) bond motifs is 1. The molecule has 1 aromatic rings. The van der Waals surface area contributed by atoms with Crippen molar-refractivity contribution in [2.45, 2.75) is 36.6 Å². The third-order valence-electron chi connectivity index (χ3n) is 5.84. The second-order valence-electron chi connectivity index (χ2n) is 7.88. The van der Waals surface area contributed by atoms with Crippen LogP contribution in [0.1, 0.15) is 25.1 Å². The number of amides is 1. The van der Waals surface area contributed by atoms with Crippen molar-refractivity contribution in [2.24, 2.45) is 16.8 Å². The number of β-lactam (4-membered cyclic amide) rings is 1. The average Bonchev–Trinajstić information content (AvgIpc) is 3.23. The SMILES string of the molecule is C[C@H]1C(Sc2ccc(/C=C/C3=NCCCN3C)s2)=C(C(=O)O)N2C(=O)[C@H]([C@@H](C)O)C12. The number of aliphatic hydroxyl groups is 1. The first-order chi connectivity index (χ1) is 14.3. The first kappa shape index (κ1) is 21.1. The van der Waals surface area contributed by atoms with E-state index in [2.05, 4.69) is 9.89 Å². The van der Waals surface area contributed by atoms with E-state index < -0.39 is 18.0 Å². The highest BCUT2D eigenvalue weighted by molar-refractivity contribution is 8.04. The van der Waals surface area contributed by atoms with Crippen LogP contribution >= 0.6 is 23.1 Å². The van der Waals surface area contributed by atoms with Gasteiger partial charge in [0.05, 0.1) is 22.3 Å². The van der Waals surface area contributed by atoms with Crippen LogP contribution in [0.15, 0.2) is 38.0 Å². The van der Waals surface area contributed by atoms with Crippen molar-refractivity contribution in [3.63, 3.8) is 0 Å². The molecule has 0 radical (unpaired) electrons. The number of carbonyl (C=O) groups excluding carboxylic acids is 1. The number of hydrogen-bond acceptors (Lipinski definition) is 7. The van der Waals surface area contributed by atoms with Crippen molar-refractivity contribution < 1.29 is 19.8 Å². The molecule has 4 rings (SSSR count). The highest BCUT2D eigenvalue weighted by Crippen LogP contribution is 2.52. The highest BCUT2D eigenvalue weighted by atomic mass is 32.2. The van der Waals surface area contributed by atoms with Gasteiger partial charge in [-0.25, -0.2) is 4.79 Å². The maximum atomic E-state index is 12.4. The number of carboxylic acid groups (broad SMARTS) is 1. The molecular weight excluding hydrogens is 422 g/mol. The van der Waals surface area contributed by atoms with Crippen LogP contribution in [0.5, 0.6) is 0 Å². The van der Waals surface area contributed by atoms with Crippen molar-refractivity contribution in [1.82, 2.24) is 9.80 Å². The third kappa shape index (κ3) is 3.59. The number of aliphatic imine (C=N–C) groups is 1. The quantitative estimate of drug-likeness (QED) is 0.652. The van der Waals surface area contributed by atoms with E-state index >= 15 is 0 Å². The summed E-state index contributed by atoms with van der Waals surface area (Å²) in [6.45, 7) is 5.37. The van der Waals surface area contributed by atoms with Crippen LogP contribution < -0.4 is 0 Å². The number of amidine groups is 1. The average molecular weight is 448 g/mol. The lowest BCUT2D eigenvalue weighted by Gasteiger charge is -2.46. The molecule has 1 saturated heterocycles. The molecule has 1 amide bonds. The molecule has 0 aliphatic carbocycles. The number of aliphatic hydroxyl groups excluding tert-OH is 1.